The Morgan fingerprint density at radius 1 is 1.00 bits per heavy atom. The van der Waals surface area contributed by atoms with E-state index in [9.17, 15) is 0 Å². The van der Waals surface area contributed by atoms with Gasteiger partial charge in [-0.3, -0.25) is 0 Å². The second-order valence-electron chi connectivity index (χ2n) is 5.46. The van der Waals surface area contributed by atoms with Crippen LogP contribution in [-0.4, -0.2) is 34.3 Å². The first-order valence-electron chi connectivity index (χ1n) is 8.28. The number of ether oxygens (including phenoxy) is 2. The molecule has 0 saturated carbocycles. The molecule has 1 aromatic heterocycles. The van der Waals surface area contributed by atoms with Crippen LogP contribution in [0.5, 0.6) is 11.5 Å². The van der Waals surface area contributed by atoms with Gasteiger partial charge in [-0.25, -0.2) is 4.68 Å². The van der Waals surface area contributed by atoms with E-state index >= 15 is 0 Å². The Morgan fingerprint density at radius 2 is 1.81 bits per heavy atom. The van der Waals surface area contributed by atoms with E-state index in [1.54, 1.807) is 6.21 Å². The summed E-state index contributed by atoms with van der Waals surface area (Å²) >= 11 is 0. The molecule has 6 heteroatoms. The zero-order valence-electron chi connectivity index (χ0n) is 14.4. The van der Waals surface area contributed by atoms with Crippen LogP contribution in [0.3, 0.4) is 0 Å². The summed E-state index contributed by atoms with van der Waals surface area (Å²) in [6.07, 6.45) is 7.42. The van der Waals surface area contributed by atoms with Crippen molar-refractivity contribution in [3.05, 3.63) is 85.0 Å². The minimum absolute atomic E-state index is 0.453. The molecule has 0 aliphatic carbocycles. The minimum atomic E-state index is 0.453. The van der Waals surface area contributed by atoms with Gasteiger partial charge in [-0.2, -0.15) is 5.10 Å². The summed E-state index contributed by atoms with van der Waals surface area (Å²) in [6.45, 7) is 4.69. The van der Waals surface area contributed by atoms with E-state index in [0.717, 1.165) is 29.0 Å². The second-order valence-corrected chi connectivity index (χ2v) is 5.46. The van der Waals surface area contributed by atoms with Gasteiger partial charge in [0.05, 0.1) is 6.21 Å². The molecule has 0 unspecified atom stereocenters. The van der Waals surface area contributed by atoms with Gasteiger partial charge in [-0.15, -0.1) is 16.8 Å². The van der Waals surface area contributed by atoms with E-state index in [4.69, 9.17) is 9.47 Å². The summed E-state index contributed by atoms with van der Waals surface area (Å²) < 4.78 is 13.1. The molecule has 0 aliphatic heterocycles. The third kappa shape index (κ3) is 5.04. The molecule has 0 bridgehead atoms. The highest BCUT2D eigenvalue weighted by Crippen LogP contribution is 2.19. The van der Waals surface area contributed by atoms with Gasteiger partial charge >= 0.3 is 0 Å². The predicted molar refractivity (Wildman–Crippen MR) is 101 cm³/mol. The van der Waals surface area contributed by atoms with E-state index in [-0.39, 0.29) is 0 Å². The number of nitrogens with zero attached hydrogens (tertiary/aromatic N) is 4. The first-order chi connectivity index (χ1) is 12.8. The van der Waals surface area contributed by atoms with E-state index in [1.165, 1.54) is 17.3 Å². The lowest BCUT2D eigenvalue weighted by Crippen LogP contribution is -2.10. The molecule has 26 heavy (non-hydrogen) atoms. The zero-order chi connectivity index (χ0) is 18.0. The van der Waals surface area contributed by atoms with Gasteiger partial charge in [-0.1, -0.05) is 36.4 Å². The number of aromatic nitrogens is 3. The fourth-order valence-electron chi connectivity index (χ4n) is 2.35. The molecule has 6 nitrogen and oxygen atoms in total. The molecule has 0 amide bonds. The lowest BCUT2D eigenvalue weighted by molar-refractivity contribution is 0.216. The summed E-state index contributed by atoms with van der Waals surface area (Å²) in [7, 11) is 0. The Morgan fingerprint density at radius 3 is 2.65 bits per heavy atom. The van der Waals surface area contributed by atoms with E-state index in [0.29, 0.717) is 13.2 Å². The van der Waals surface area contributed by atoms with Crippen molar-refractivity contribution in [2.45, 2.75) is 6.42 Å². The molecular weight excluding hydrogens is 328 g/mol. The van der Waals surface area contributed by atoms with Crippen LogP contribution in [0.4, 0.5) is 0 Å². The Labute approximate surface area is 152 Å². The van der Waals surface area contributed by atoms with Crippen LogP contribution >= 0.6 is 0 Å². The van der Waals surface area contributed by atoms with Crippen molar-refractivity contribution >= 4 is 6.21 Å². The van der Waals surface area contributed by atoms with Crippen molar-refractivity contribution in [2.24, 2.45) is 5.10 Å². The zero-order valence-corrected chi connectivity index (χ0v) is 14.4. The molecule has 0 saturated heterocycles. The summed E-state index contributed by atoms with van der Waals surface area (Å²) in [5.74, 6) is 1.63. The van der Waals surface area contributed by atoms with E-state index in [2.05, 4.69) is 21.9 Å². The smallest absolute Gasteiger partial charge is 0.141 e. The maximum absolute atomic E-state index is 5.82. The summed E-state index contributed by atoms with van der Waals surface area (Å²) in [4.78, 5) is 0. The number of benzene rings is 2. The average molecular weight is 348 g/mol. The van der Waals surface area contributed by atoms with Crippen molar-refractivity contribution in [1.29, 1.82) is 0 Å². The first-order valence-corrected chi connectivity index (χ1v) is 8.28. The predicted octanol–water partition coefficient (Wildman–Crippen LogP) is 3.35. The summed E-state index contributed by atoms with van der Waals surface area (Å²) in [5, 5.41) is 11.6. The van der Waals surface area contributed by atoms with Gasteiger partial charge < -0.3 is 9.47 Å². The first kappa shape index (κ1) is 17.4. The van der Waals surface area contributed by atoms with Crippen LogP contribution in [0.15, 0.2) is 78.9 Å². The topological polar surface area (TPSA) is 61.5 Å². The SMILES string of the molecule is C=CCc1ccccc1OCCOc1cccc(/C=N/n2cnnc2)c1. The van der Waals surface area contributed by atoms with Gasteiger partial charge in [0, 0.05) is 0 Å². The van der Waals surface area contributed by atoms with Gasteiger partial charge in [0.1, 0.15) is 37.4 Å². The molecule has 1 heterocycles. The largest absolute Gasteiger partial charge is 0.490 e. The van der Waals surface area contributed by atoms with Gasteiger partial charge in [0.25, 0.3) is 0 Å². The van der Waals surface area contributed by atoms with E-state index < -0.39 is 0 Å². The standard InChI is InChI=1S/C20H20N4O2/c1-2-6-18-8-3-4-10-20(18)26-12-11-25-19-9-5-7-17(13-19)14-23-24-15-21-22-16-24/h2-5,7-10,13-16H,1,6,11-12H2/b23-14+. The summed E-state index contributed by atoms with van der Waals surface area (Å²) in [6, 6.07) is 15.6. The average Bonchev–Trinajstić information content (AvgIpc) is 3.19. The van der Waals surface area contributed by atoms with Gasteiger partial charge in [0.15, 0.2) is 0 Å². The maximum atomic E-state index is 5.82. The summed E-state index contributed by atoms with van der Waals surface area (Å²) in [5.41, 5.74) is 2.04. The molecule has 3 rings (SSSR count). The molecule has 0 N–H and O–H groups in total. The van der Waals surface area contributed by atoms with Crippen LogP contribution in [0.25, 0.3) is 0 Å². The number of para-hydroxylation sites is 1. The number of allylic oxidation sites excluding steroid dienone is 1. The Hall–Kier alpha value is -3.41. The van der Waals surface area contributed by atoms with Crippen molar-refractivity contribution < 1.29 is 9.47 Å². The fourth-order valence-corrected chi connectivity index (χ4v) is 2.35. The Bertz CT molecular complexity index is 860. The highest BCUT2D eigenvalue weighted by molar-refractivity contribution is 5.80. The van der Waals surface area contributed by atoms with Crippen molar-refractivity contribution in [1.82, 2.24) is 14.9 Å². The lowest BCUT2D eigenvalue weighted by Gasteiger charge is -2.11. The molecule has 2 aromatic carbocycles. The van der Waals surface area contributed by atoms with Crippen molar-refractivity contribution in [3.8, 4) is 11.5 Å². The van der Waals surface area contributed by atoms with E-state index in [1.807, 2.05) is 54.6 Å². The lowest BCUT2D eigenvalue weighted by atomic mass is 10.1. The minimum Gasteiger partial charge on any atom is -0.490 e. The Balaban J connectivity index is 1.51. The molecule has 132 valence electrons. The second kappa shape index (κ2) is 9.17. The highest BCUT2D eigenvalue weighted by atomic mass is 16.5. The number of hydrogen-bond acceptors (Lipinski definition) is 5. The molecule has 0 aliphatic rings. The molecule has 3 aromatic rings. The van der Waals surface area contributed by atoms with Gasteiger partial charge in [0.2, 0.25) is 0 Å². The Kier molecular flexibility index (Phi) is 6.14. The molecule has 0 radical (unpaired) electrons. The number of hydrogen-bond donors (Lipinski definition) is 0. The molecule has 0 spiro atoms. The fraction of sp³-hybridized carbons (Fsp3) is 0.150. The van der Waals surface area contributed by atoms with Crippen LogP contribution in [-0.2, 0) is 6.42 Å². The van der Waals surface area contributed by atoms with Crippen LogP contribution < -0.4 is 9.47 Å². The number of rotatable bonds is 9. The van der Waals surface area contributed by atoms with Crippen molar-refractivity contribution in [2.75, 3.05) is 13.2 Å². The molecule has 0 atom stereocenters. The normalized spacial score (nSPS) is 10.8. The van der Waals surface area contributed by atoms with Gasteiger partial charge in [-0.05, 0) is 35.7 Å². The molecule has 0 fully saturated rings. The van der Waals surface area contributed by atoms with Crippen LogP contribution in [0.1, 0.15) is 11.1 Å². The highest BCUT2D eigenvalue weighted by Gasteiger charge is 2.01. The third-order valence-corrected chi connectivity index (χ3v) is 3.55. The van der Waals surface area contributed by atoms with Crippen LogP contribution in [0.2, 0.25) is 0 Å². The monoisotopic (exact) mass is 348 g/mol. The maximum Gasteiger partial charge on any atom is 0.141 e. The van der Waals surface area contributed by atoms with Crippen LogP contribution in [0, 0.1) is 0 Å². The van der Waals surface area contributed by atoms with Crippen molar-refractivity contribution in [3.63, 3.8) is 0 Å². The molecular formula is C20H20N4O2. The third-order valence-electron chi connectivity index (χ3n) is 3.55. The quantitative estimate of drug-likeness (QED) is 0.338.